The number of fused-ring (bicyclic) bond motifs is 1. The summed E-state index contributed by atoms with van der Waals surface area (Å²) in [5, 5.41) is 1.97. The van der Waals surface area contributed by atoms with Crippen molar-refractivity contribution in [1.29, 1.82) is 0 Å². The third-order valence-electron chi connectivity index (χ3n) is 4.65. The number of rotatable bonds is 5. The van der Waals surface area contributed by atoms with Gasteiger partial charge in [0, 0.05) is 4.88 Å². The maximum absolute atomic E-state index is 13.3. The second-order valence-electron chi connectivity index (χ2n) is 6.63. The molecular formula is C23H20N2O3S2. The van der Waals surface area contributed by atoms with Crippen LogP contribution in [0.25, 0.3) is 12.2 Å². The fraction of sp³-hybridized carbons (Fsp3) is 0.174. The second-order valence-corrected chi connectivity index (χ2v) is 8.62. The molecule has 7 heteroatoms. The van der Waals surface area contributed by atoms with E-state index < -0.39 is 12.0 Å². The number of thiophene rings is 1. The highest BCUT2D eigenvalue weighted by atomic mass is 32.1. The zero-order chi connectivity index (χ0) is 21.1. The van der Waals surface area contributed by atoms with Gasteiger partial charge in [-0.05, 0) is 36.9 Å². The molecule has 1 aliphatic heterocycles. The van der Waals surface area contributed by atoms with Gasteiger partial charge in [0.15, 0.2) is 4.80 Å². The lowest BCUT2D eigenvalue weighted by Gasteiger charge is -2.21. The molecule has 3 aromatic rings. The van der Waals surface area contributed by atoms with Crippen LogP contribution in [0.3, 0.4) is 0 Å². The Kier molecular flexibility index (Phi) is 5.92. The van der Waals surface area contributed by atoms with Gasteiger partial charge < -0.3 is 4.74 Å². The Morgan fingerprint density at radius 2 is 2.03 bits per heavy atom. The van der Waals surface area contributed by atoms with Gasteiger partial charge in [0.05, 0.1) is 28.5 Å². The number of aromatic nitrogens is 1. The van der Waals surface area contributed by atoms with Crippen molar-refractivity contribution in [2.24, 2.45) is 4.99 Å². The van der Waals surface area contributed by atoms with Gasteiger partial charge in [0.25, 0.3) is 5.56 Å². The predicted octanol–water partition coefficient (Wildman–Crippen LogP) is 3.52. The molecule has 0 aliphatic carbocycles. The highest BCUT2D eigenvalue weighted by molar-refractivity contribution is 7.11. The Morgan fingerprint density at radius 3 is 2.73 bits per heavy atom. The quantitative estimate of drug-likeness (QED) is 0.575. The van der Waals surface area contributed by atoms with E-state index in [1.54, 1.807) is 29.8 Å². The first-order valence-electron chi connectivity index (χ1n) is 9.55. The van der Waals surface area contributed by atoms with Crippen molar-refractivity contribution in [2.45, 2.75) is 19.9 Å². The molecule has 0 unspecified atom stereocenters. The number of benzene rings is 1. The number of hydrogen-bond acceptors (Lipinski definition) is 6. The van der Waals surface area contributed by atoms with Crippen molar-refractivity contribution in [2.75, 3.05) is 6.61 Å². The highest BCUT2D eigenvalue weighted by Gasteiger charge is 2.30. The van der Waals surface area contributed by atoms with E-state index in [9.17, 15) is 9.59 Å². The summed E-state index contributed by atoms with van der Waals surface area (Å²) in [6, 6.07) is 13.1. The summed E-state index contributed by atoms with van der Waals surface area (Å²) in [7, 11) is 0. The molecule has 0 spiro atoms. The molecule has 4 rings (SSSR count). The van der Waals surface area contributed by atoms with Crippen LogP contribution in [0.4, 0.5) is 0 Å². The summed E-state index contributed by atoms with van der Waals surface area (Å²) < 4.78 is 7.45. The Morgan fingerprint density at radius 1 is 1.23 bits per heavy atom. The number of nitrogens with zero attached hydrogens (tertiary/aromatic N) is 2. The van der Waals surface area contributed by atoms with E-state index in [2.05, 4.69) is 4.99 Å². The summed E-state index contributed by atoms with van der Waals surface area (Å²) in [6.45, 7) is 3.80. The number of esters is 1. The third-order valence-corrected chi connectivity index (χ3v) is 6.45. The van der Waals surface area contributed by atoms with Crippen molar-refractivity contribution < 1.29 is 9.53 Å². The topological polar surface area (TPSA) is 60.7 Å². The highest BCUT2D eigenvalue weighted by Crippen LogP contribution is 2.26. The van der Waals surface area contributed by atoms with Gasteiger partial charge in [-0.1, -0.05) is 59.9 Å². The van der Waals surface area contributed by atoms with Crippen LogP contribution in [-0.2, 0) is 9.53 Å². The van der Waals surface area contributed by atoms with E-state index in [1.165, 1.54) is 11.3 Å². The van der Waals surface area contributed by atoms with Crippen LogP contribution in [0.2, 0.25) is 0 Å². The molecule has 0 N–H and O–H groups in total. The summed E-state index contributed by atoms with van der Waals surface area (Å²) in [5.41, 5.74) is 1.78. The van der Waals surface area contributed by atoms with E-state index in [4.69, 9.17) is 4.74 Å². The Hall–Kier alpha value is -3.03. The molecule has 1 aliphatic rings. The molecule has 0 saturated heterocycles. The first-order chi connectivity index (χ1) is 14.6. The number of carbonyl (C=O) groups is 1. The van der Waals surface area contributed by atoms with E-state index in [-0.39, 0.29) is 12.2 Å². The molecular weight excluding hydrogens is 416 g/mol. The van der Waals surface area contributed by atoms with E-state index in [1.807, 2.05) is 66.1 Å². The lowest BCUT2D eigenvalue weighted by Crippen LogP contribution is -2.38. The lowest BCUT2D eigenvalue weighted by molar-refractivity contribution is -0.139. The summed E-state index contributed by atoms with van der Waals surface area (Å²) in [5.74, 6) is -0.450. The van der Waals surface area contributed by atoms with Crippen LogP contribution in [0.15, 0.2) is 75.0 Å². The number of ether oxygens (including phenoxy) is 1. The first kappa shape index (κ1) is 20.3. The van der Waals surface area contributed by atoms with Gasteiger partial charge in [0.2, 0.25) is 0 Å². The molecule has 0 saturated carbocycles. The van der Waals surface area contributed by atoms with Crippen molar-refractivity contribution in [3.8, 4) is 0 Å². The molecule has 0 radical (unpaired) electrons. The number of allylic oxidation sites excluding steroid dienone is 2. The second kappa shape index (κ2) is 8.77. The van der Waals surface area contributed by atoms with Gasteiger partial charge in [0.1, 0.15) is 0 Å². The molecule has 3 heterocycles. The Bertz CT molecular complexity index is 1300. The minimum Gasteiger partial charge on any atom is -0.463 e. The van der Waals surface area contributed by atoms with Gasteiger partial charge in [-0.3, -0.25) is 9.36 Å². The predicted molar refractivity (Wildman–Crippen MR) is 121 cm³/mol. The minimum absolute atomic E-state index is 0.163. The van der Waals surface area contributed by atoms with E-state index in [0.29, 0.717) is 20.6 Å². The third kappa shape index (κ3) is 3.99. The molecule has 0 bridgehead atoms. The molecule has 1 atom stereocenters. The van der Waals surface area contributed by atoms with Crippen LogP contribution >= 0.6 is 22.7 Å². The maximum atomic E-state index is 13.3. The number of hydrogen-bond donors (Lipinski definition) is 0. The van der Waals surface area contributed by atoms with Gasteiger partial charge in [-0.15, -0.1) is 11.3 Å². The molecule has 1 aromatic carbocycles. The zero-order valence-corrected chi connectivity index (χ0v) is 18.2. The van der Waals surface area contributed by atoms with Crippen LogP contribution in [0, 0.1) is 0 Å². The molecule has 0 fully saturated rings. The largest absolute Gasteiger partial charge is 0.463 e. The smallest absolute Gasteiger partial charge is 0.338 e. The van der Waals surface area contributed by atoms with Crippen LogP contribution in [0.1, 0.15) is 30.3 Å². The number of carbonyl (C=O) groups excluding carboxylic acids is 1. The fourth-order valence-corrected chi connectivity index (χ4v) is 5.06. The van der Waals surface area contributed by atoms with Gasteiger partial charge in [-0.25, -0.2) is 9.79 Å². The Labute approximate surface area is 181 Å². The monoisotopic (exact) mass is 436 g/mol. The van der Waals surface area contributed by atoms with E-state index in [0.717, 1.165) is 10.4 Å². The van der Waals surface area contributed by atoms with Crippen molar-refractivity contribution in [3.05, 3.63) is 95.3 Å². The zero-order valence-electron chi connectivity index (χ0n) is 16.6. The molecule has 0 amide bonds. The van der Waals surface area contributed by atoms with Crippen molar-refractivity contribution in [1.82, 2.24) is 4.57 Å². The fourth-order valence-electron chi connectivity index (χ4n) is 3.29. The molecule has 30 heavy (non-hydrogen) atoms. The van der Waals surface area contributed by atoms with Crippen molar-refractivity contribution >= 4 is 40.8 Å². The average Bonchev–Trinajstić information content (AvgIpc) is 3.35. The summed E-state index contributed by atoms with van der Waals surface area (Å²) >= 11 is 2.90. The number of thiazole rings is 1. The summed E-state index contributed by atoms with van der Waals surface area (Å²) in [6.07, 6.45) is 5.65. The summed E-state index contributed by atoms with van der Waals surface area (Å²) in [4.78, 5) is 32.1. The van der Waals surface area contributed by atoms with Crippen LogP contribution in [-0.4, -0.2) is 17.1 Å². The Balaban J connectivity index is 1.88. The van der Waals surface area contributed by atoms with Crippen LogP contribution in [0.5, 0.6) is 0 Å². The SMILES string of the molecule is CCOC(=O)C1=C(C)N=c2s/c(=C\c3cccs3)c(=O)n2[C@@H]1/C=C/c1ccccc1. The van der Waals surface area contributed by atoms with Gasteiger partial charge >= 0.3 is 5.97 Å². The standard InChI is InChI=1S/C23H20N2O3S2/c1-3-28-22(27)20-15(2)24-23-25(18(20)12-11-16-8-5-4-6-9-16)21(26)19(30-23)14-17-10-7-13-29-17/h4-14,18H,3H2,1-2H3/b12-11+,19-14-/t18-/m1/s1. The molecule has 5 nitrogen and oxygen atoms in total. The first-order valence-corrected chi connectivity index (χ1v) is 11.2. The van der Waals surface area contributed by atoms with Gasteiger partial charge in [-0.2, -0.15) is 0 Å². The molecule has 152 valence electrons. The maximum Gasteiger partial charge on any atom is 0.338 e. The lowest BCUT2D eigenvalue weighted by atomic mass is 10.0. The normalized spacial score (nSPS) is 16.6. The molecule has 2 aromatic heterocycles. The minimum atomic E-state index is -0.578. The average molecular weight is 437 g/mol. The van der Waals surface area contributed by atoms with E-state index >= 15 is 0 Å². The van der Waals surface area contributed by atoms with Crippen molar-refractivity contribution in [3.63, 3.8) is 0 Å². The van der Waals surface area contributed by atoms with Crippen LogP contribution < -0.4 is 14.9 Å².